The minimum atomic E-state index is -4.48. The normalized spacial score (nSPS) is 19.6. The van der Waals surface area contributed by atoms with Gasteiger partial charge in [-0.3, -0.25) is 0 Å². The Bertz CT molecular complexity index is 651. The molecule has 2 heterocycles. The predicted molar refractivity (Wildman–Crippen MR) is 66.9 cm³/mol. The zero-order valence-electron chi connectivity index (χ0n) is 10.4. The highest BCUT2D eigenvalue weighted by atomic mass is 19.4. The molecular weight excluding hydrogens is 271 g/mol. The molecule has 4 nitrogen and oxygen atoms in total. The van der Waals surface area contributed by atoms with Crippen molar-refractivity contribution in [2.75, 3.05) is 12.3 Å². The average molecular weight is 283 g/mol. The number of benzene rings is 1. The largest absolute Gasteiger partial charge is 0.418 e. The highest BCUT2D eigenvalue weighted by Crippen LogP contribution is 2.37. The van der Waals surface area contributed by atoms with Crippen molar-refractivity contribution in [2.45, 2.75) is 25.1 Å². The van der Waals surface area contributed by atoms with E-state index < -0.39 is 11.7 Å². The van der Waals surface area contributed by atoms with Crippen LogP contribution in [0.3, 0.4) is 0 Å². The van der Waals surface area contributed by atoms with Crippen molar-refractivity contribution in [2.24, 2.45) is 0 Å². The van der Waals surface area contributed by atoms with E-state index >= 15 is 0 Å². The molecule has 2 aromatic rings. The number of aromatic nitrogens is 2. The Balaban J connectivity index is 2.27. The Morgan fingerprint density at radius 2 is 2.05 bits per heavy atom. The lowest BCUT2D eigenvalue weighted by Gasteiger charge is -2.15. The van der Waals surface area contributed by atoms with Gasteiger partial charge >= 0.3 is 6.18 Å². The van der Waals surface area contributed by atoms with Crippen LogP contribution in [0.15, 0.2) is 18.2 Å². The van der Waals surface area contributed by atoms with Gasteiger partial charge in [-0.2, -0.15) is 13.2 Å². The average Bonchev–Trinajstić information content (AvgIpc) is 2.89. The van der Waals surface area contributed by atoms with Gasteiger partial charge in [0.05, 0.1) is 16.8 Å². The number of hydrogen-bond donors (Lipinski definition) is 1. The van der Waals surface area contributed by atoms with E-state index in [0.717, 1.165) is 18.9 Å². The third-order valence-corrected chi connectivity index (χ3v) is 3.31. The Labute approximate surface area is 112 Å². The highest BCUT2D eigenvalue weighted by Gasteiger charge is 2.34. The molecule has 1 atom stereocenters. The number of anilines is 1. The van der Waals surface area contributed by atoms with Crippen molar-refractivity contribution >= 4 is 16.9 Å². The number of rotatable bonds is 1. The molecule has 0 bridgehead atoms. The van der Waals surface area contributed by atoms with Crippen LogP contribution < -0.4 is 5.73 Å². The van der Waals surface area contributed by atoms with Gasteiger partial charge in [-0.1, -0.05) is 12.1 Å². The van der Waals surface area contributed by atoms with E-state index in [1.165, 1.54) is 6.07 Å². The molecule has 1 aromatic heterocycles. The van der Waals surface area contributed by atoms with Crippen LogP contribution in [0.25, 0.3) is 10.9 Å². The predicted octanol–water partition coefficient (Wildman–Crippen LogP) is 3.08. The van der Waals surface area contributed by atoms with E-state index in [2.05, 4.69) is 9.97 Å². The van der Waals surface area contributed by atoms with E-state index in [1.807, 2.05) is 0 Å². The van der Waals surface area contributed by atoms with Crippen LogP contribution in [0.4, 0.5) is 19.1 Å². The molecule has 1 aliphatic rings. The molecule has 1 aromatic carbocycles. The topological polar surface area (TPSA) is 61.0 Å². The number of fused-ring (bicyclic) bond motifs is 1. The van der Waals surface area contributed by atoms with Gasteiger partial charge in [-0.05, 0) is 18.9 Å². The second-order valence-corrected chi connectivity index (χ2v) is 4.67. The van der Waals surface area contributed by atoms with Gasteiger partial charge in [0.25, 0.3) is 0 Å². The van der Waals surface area contributed by atoms with Gasteiger partial charge in [0.15, 0.2) is 0 Å². The fraction of sp³-hybridized carbons (Fsp3) is 0.385. The summed E-state index contributed by atoms with van der Waals surface area (Å²) < 4.78 is 44.6. The second-order valence-electron chi connectivity index (χ2n) is 4.67. The summed E-state index contributed by atoms with van der Waals surface area (Å²) in [5.74, 6) is -0.167. The molecular formula is C13H12F3N3O. The number of alkyl halides is 3. The number of nitrogens with zero attached hydrogens (tertiary/aromatic N) is 2. The smallest absolute Gasteiger partial charge is 0.372 e. The minimum Gasteiger partial charge on any atom is -0.372 e. The zero-order valence-corrected chi connectivity index (χ0v) is 10.4. The van der Waals surface area contributed by atoms with Gasteiger partial charge < -0.3 is 10.5 Å². The molecule has 0 amide bonds. The molecule has 0 radical (unpaired) electrons. The SMILES string of the molecule is Nc1nc(C2CCCO2)c2cccc(C(F)(F)F)c2n1. The first-order valence-corrected chi connectivity index (χ1v) is 6.22. The molecule has 0 aliphatic carbocycles. The van der Waals surface area contributed by atoms with Crippen molar-refractivity contribution < 1.29 is 17.9 Å². The maximum atomic E-state index is 13.0. The lowest BCUT2D eigenvalue weighted by atomic mass is 10.0. The number of para-hydroxylation sites is 1. The van der Waals surface area contributed by atoms with Crippen molar-refractivity contribution in [1.29, 1.82) is 0 Å². The summed E-state index contributed by atoms with van der Waals surface area (Å²) in [5.41, 5.74) is 5.03. The van der Waals surface area contributed by atoms with Crippen LogP contribution in [0.2, 0.25) is 0 Å². The van der Waals surface area contributed by atoms with E-state index in [1.54, 1.807) is 6.07 Å². The van der Waals surface area contributed by atoms with E-state index in [-0.39, 0.29) is 17.6 Å². The van der Waals surface area contributed by atoms with Crippen LogP contribution >= 0.6 is 0 Å². The summed E-state index contributed by atoms with van der Waals surface area (Å²) in [4.78, 5) is 7.85. The van der Waals surface area contributed by atoms with E-state index in [4.69, 9.17) is 10.5 Å². The van der Waals surface area contributed by atoms with Crippen LogP contribution in [0, 0.1) is 0 Å². The zero-order chi connectivity index (χ0) is 14.3. The molecule has 106 valence electrons. The Morgan fingerprint density at radius 3 is 2.70 bits per heavy atom. The molecule has 1 fully saturated rings. The molecule has 0 saturated carbocycles. The standard InChI is InChI=1S/C13H12F3N3O/c14-13(15,16)8-4-1-3-7-10(8)18-12(17)19-11(7)9-5-2-6-20-9/h1,3-4,9H,2,5-6H2,(H2,17,18,19). The number of halogens is 3. The van der Waals surface area contributed by atoms with Gasteiger partial charge in [0.2, 0.25) is 5.95 Å². The van der Waals surface area contributed by atoms with Crippen LogP contribution in [-0.2, 0) is 10.9 Å². The number of hydrogen-bond acceptors (Lipinski definition) is 4. The molecule has 7 heteroatoms. The lowest BCUT2D eigenvalue weighted by Crippen LogP contribution is -2.11. The maximum absolute atomic E-state index is 13.0. The van der Waals surface area contributed by atoms with E-state index in [0.29, 0.717) is 17.7 Å². The summed E-state index contributed by atoms with van der Waals surface area (Å²) in [6, 6.07) is 3.91. The highest BCUT2D eigenvalue weighted by molar-refractivity contribution is 5.85. The number of ether oxygens (including phenoxy) is 1. The fourth-order valence-corrected chi connectivity index (χ4v) is 2.46. The summed E-state index contributed by atoms with van der Waals surface area (Å²) in [6.07, 6.45) is -3.21. The first kappa shape index (κ1) is 13.1. The summed E-state index contributed by atoms with van der Waals surface area (Å²) in [6.45, 7) is 0.578. The summed E-state index contributed by atoms with van der Waals surface area (Å²) in [5, 5.41) is 0.348. The van der Waals surface area contributed by atoms with E-state index in [9.17, 15) is 13.2 Å². The minimum absolute atomic E-state index is 0.167. The van der Waals surface area contributed by atoms with Crippen molar-refractivity contribution in [3.05, 3.63) is 29.5 Å². The summed E-state index contributed by atoms with van der Waals surface area (Å²) >= 11 is 0. The number of nitrogens with two attached hydrogens (primary N) is 1. The van der Waals surface area contributed by atoms with Gasteiger partial charge in [-0.15, -0.1) is 0 Å². The fourth-order valence-electron chi connectivity index (χ4n) is 2.46. The van der Waals surface area contributed by atoms with Crippen molar-refractivity contribution in [1.82, 2.24) is 9.97 Å². The lowest BCUT2D eigenvalue weighted by molar-refractivity contribution is -0.136. The molecule has 0 spiro atoms. The van der Waals surface area contributed by atoms with Crippen LogP contribution in [-0.4, -0.2) is 16.6 Å². The van der Waals surface area contributed by atoms with Gasteiger partial charge in [0, 0.05) is 12.0 Å². The Kier molecular flexibility index (Phi) is 3.01. The molecule has 3 rings (SSSR count). The molecule has 1 aliphatic heterocycles. The third kappa shape index (κ3) is 2.18. The first-order chi connectivity index (χ1) is 9.47. The second kappa shape index (κ2) is 4.59. The molecule has 20 heavy (non-hydrogen) atoms. The Hall–Kier alpha value is -1.89. The third-order valence-electron chi connectivity index (χ3n) is 3.31. The first-order valence-electron chi connectivity index (χ1n) is 6.22. The van der Waals surface area contributed by atoms with Gasteiger partial charge in [-0.25, -0.2) is 9.97 Å². The molecule has 1 unspecified atom stereocenters. The quantitative estimate of drug-likeness (QED) is 0.873. The monoisotopic (exact) mass is 283 g/mol. The summed E-state index contributed by atoms with van der Waals surface area (Å²) in [7, 11) is 0. The molecule has 1 saturated heterocycles. The molecule has 2 N–H and O–H groups in total. The van der Waals surface area contributed by atoms with Gasteiger partial charge in [0.1, 0.15) is 6.10 Å². The van der Waals surface area contributed by atoms with Crippen LogP contribution in [0.1, 0.15) is 30.2 Å². The van der Waals surface area contributed by atoms with Crippen molar-refractivity contribution in [3.63, 3.8) is 0 Å². The maximum Gasteiger partial charge on any atom is 0.418 e. The number of nitrogen functional groups attached to an aromatic ring is 1. The van der Waals surface area contributed by atoms with Crippen LogP contribution in [0.5, 0.6) is 0 Å². The van der Waals surface area contributed by atoms with Crippen molar-refractivity contribution in [3.8, 4) is 0 Å². The Morgan fingerprint density at radius 1 is 1.25 bits per heavy atom.